The Balaban J connectivity index is 0.000000423. The molecule has 0 fully saturated rings. The molecule has 0 saturated carbocycles. The first-order valence-electron chi connectivity index (χ1n) is 9.17. The summed E-state index contributed by atoms with van der Waals surface area (Å²) in [6.07, 6.45) is -5.08. The molecule has 168 valence electrons. The molecule has 3 aromatic rings. The number of aryl methyl sites for hydroxylation is 3. The van der Waals surface area contributed by atoms with Crippen molar-refractivity contribution >= 4 is 5.97 Å². The average molecular weight is 440 g/mol. The van der Waals surface area contributed by atoms with Crippen molar-refractivity contribution in [1.82, 2.24) is 30.3 Å². The fraction of sp³-hybridized carbons (Fsp3) is 0.421. The Morgan fingerprint density at radius 1 is 1.23 bits per heavy atom. The molecule has 3 rings (SSSR count). The summed E-state index contributed by atoms with van der Waals surface area (Å²) in [5, 5.41) is 22.5. The van der Waals surface area contributed by atoms with Gasteiger partial charge >= 0.3 is 12.1 Å². The van der Waals surface area contributed by atoms with E-state index in [2.05, 4.69) is 56.3 Å². The Hall–Kier alpha value is -3.28. The zero-order valence-electron chi connectivity index (χ0n) is 17.7. The van der Waals surface area contributed by atoms with Crippen molar-refractivity contribution in [1.29, 1.82) is 0 Å². The highest BCUT2D eigenvalue weighted by molar-refractivity contribution is 5.73. The van der Waals surface area contributed by atoms with Crippen LogP contribution in [0.5, 0.6) is 0 Å². The number of carboxylic acids is 1. The van der Waals surface area contributed by atoms with Crippen molar-refractivity contribution in [2.24, 2.45) is 0 Å². The maximum Gasteiger partial charge on any atom is 0.490 e. The van der Waals surface area contributed by atoms with Gasteiger partial charge in [-0.1, -0.05) is 6.07 Å². The van der Waals surface area contributed by atoms with Crippen molar-refractivity contribution in [3.63, 3.8) is 0 Å². The third-order valence-electron chi connectivity index (χ3n) is 4.49. The zero-order valence-corrected chi connectivity index (χ0v) is 17.7. The van der Waals surface area contributed by atoms with Crippen LogP contribution in [-0.2, 0) is 11.3 Å². The Labute approximate surface area is 176 Å². The highest BCUT2D eigenvalue weighted by Crippen LogP contribution is 2.25. The van der Waals surface area contributed by atoms with Crippen LogP contribution in [0.25, 0.3) is 11.5 Å². The molecule has 0 saturated heterocycles. The quantitative estimate of drug-likeness (QED) is 0.617. The van der Waals surface area contributed by atoms with Gasteiger partial charge in [0.15, 0.2) is 5.82 Å². The number of carboxylic acid groups (broad SMARTS) is 1. The summed E-state index contributed by atoms with van der Waals surface area (Å²) in [6, 6.07) is 6.11. The number of H-pyrrole nitrogens is 1. The number of nitrogens with one attached hydrogen (secondary N) is 1. The first-order chi connectivity index (χ1) is 14.4. The Morgan fingerprint density at radius 3 is 2.39 bits per heavy atom. The van der Waals surface area contributed by atoms with E-state index < -0.39 is 12.1 Å². The largest absolute Gasteiger partial charge is 0.490 e. The first-order valence-corrected chi connectivity index (χ1v) is 9.17. The van der Waals surface area contributed by atoms with Crippen molar-refractivity contribution < 1.29 is 27.5 Å². The van der Waals surface area contributed by atoms with Gasteiger partial charge in [-0.2, -0.15) is 18.3 Å². The van der Waals surface area contributed by atoms with Crippen LogP contribution in [0.15, 0.2) is 22.6 Å². The van der Waals surface area contributed by atoms with E-state index in [0.717, 1.165) is 17.2 Å². The second-order valence-corrected chi connectivity index (χ2v) is 6.98. The lowest BCUT2D eigenvalue weighted by atomic mass is 10.1. The van der Waals surface area contributed by atoms with Crippen LogP contribution in [0.4, 0.5) is 13.2 Å². The number of aromatic nitrogens is 5. The van der Waals surface area contributed by atoms with Gasteiger partial charge in [0, 0.05) is 5.56 Å². The number of rotatable bonds is 5. The Morgan fingerprint density at radius 2 is 1.87 bits per heavy atom. The number of hydrogen-bond donors (Lipinski definition) is 2. The second kappa shape index (κ2) is 9.69. The third-order valence-corrected chi connectivity index (χ3v) is 4.49. The number of hydrogen-bond acceptors (Lipinski definition) is 7. The van der Waals surface area contributed by atoms with Crippen LogP contribution in [0, 0.1) is 20.8 Å². The van der Waals surface area contributed by atoms with E-state index in [1.54, 1.807) is 0 Å². The van der Waals surface area contributed by atoms with Crippen LogP contribution in [0.3, 0.4) is 0 Å². The molecule has 1 atom stereocenters. The van der Waals surface area contributed by atoms with E-state index in [9.17, 15) is 13.2 Å². The van der Waals surface area contributed by atoms with Crippen molar-refractivity contribution in [3.05, 3.63) is 46.9 Å². The summed E-state index contributed by atoms with van der Waals surface area (Å²) in [5.74, 6) is -0.0795. The lowest BCUT2D eigenvalue weighted by Gasteiger charge is -2.19. The van der Waals surface area contributed by atoms with E-state index in [1.165, 1.54) is 11.1 Å². The van der Waals surface area contributed by atoms with Gasteiger partial charge in [0.2, 0.25) is 11.8 Å². The Kier molecular flexibility index (Phi) is 7.50. The minimum atomic E-state index is -5.08. The average Bonchev–Trinajstić information content (AvgIpc) is 3.32. The predicted molar refractivity (Wildman–Crippen MR) is 104 cm³/mol. The van der Waals surface area contributed by atoms with Gasteiger partial charge < -0.3 is 9.52 Å². The molecule has 1 unspecified atom stereocenters. The standard InChI is InChI=1S/C17H22N6O.C2HF3O2/c1-10-6-7-14(8-11(10)2)17-22-21-16(24-17)12(3)23(5)9-15-18-13(4)19-20-15;3-2(4,5)1(6)7/h6-8,12H,9H2,1-5H3,(H,18,19,20);(H,6,7). The molecule has 9 nitrogen and oxygen atoms in total. The van der Waals surface area contributed by atoms with E-state index in [-0.39, 0.29) is 6.04 Å². The molecule has 0 aliphatic rings. The number of benzene rings is 1. The zero-order chi connectivity index (χ0) is 23.3. The highest BCUT2D eigenvalue weighted by atomic mass is 19.4. The van der Waals surface area contributed by atoms with Gasteiger partial charge in [0.25, 0.3) is 0 Å². The van der Waals surface area contributed by atoms with E-state index >= 15 is 0 Å². The molecule has 2 N–H and O–H groups in total. The van der Waals surface area contributed by atoms with Gasteiger partial charge in [-0.15, -0.1) is 10.2 Å². The second-order valence-electron chi connectivity index (χ2n) is 6.98. The minimum Gasteiger partial charge on any atom is -0.475 e. The lowest BCUT2D eigenvalue weighted by Crippen LogP contribution is -2.22. The molecule has 0 aliphatic carbocycles. The summed E-state index contributed by atoms with van der Waals surface area (Å²) in [7, 11) is 1.98. The van der Waals surface area contributed by atoms with Gasteiger partial charge in [-0.25, -0.2) is 9.78 Å². The molecular formula is C19H23F3N6O3. The fourth-order valence-corrected chi connectivity index (χ4v) is 2.40. The number of carbonyl (C=O) groups is 1. The Bertz CT molecular complexity index is 1030. The molecule has 31 heavy (non-hydrogen) atoms. The monoisotopic (exact) mass is 440 g/mol. The van der Waals surface area contributed by atoms with Crippen LogP contribution in [0.2, 0.25) is 0 Å². The van der Waals surface area contributed by atoms with Crippen molar-refractivity contribution in [2.75, 3.05) is 7.05 Å². The molecular weight excluding hydrogens is 417 g/mol. The van der Waals surface area contributed by atoms with Gasteiger partial charge in [-0.05, 0) is 58.0 Å². The normalized spacial score (nSPS) is 12.4. The van der Waals surface area contributed by atoms with Gasteiger partial charge in [0.05, 0.1) is 12.6 Å². The van der Waals surface area contributed by atoms with E-state index in [4.69, 9.17) is 14.3 Å². The number of nitrogens with zero attached hydrogens (tertiary/aromatic N) is 5. The molecule has 12 heteroatoms. The topological polar surface area (TPSA) is 121 Å². The molecule has 0 amide bonds. The number of aliphatic carboxylic acids is 1. The summed E-state index contributed by atoms with van der Waals surface area (Å²) in [4.78, 5) is 15.3. The number of alkyl halides is 3. The maximum atomic E-state index is 10.6. The van der Waals surface area contributed by atoms with Crippen molar-refractivity contribution in [3.8, 4) is 11.5 Å². The molecule has 0 radical (unpaired) electrons. The van der Waals surface area contributed by atoms with Crippen LogP contribution < -0.4 is 0 Å². The molecule has 0 bridgehead atoms. The molecule has 0 aliphatic heterocycles. The number of aromatic amines is 1. The van der Waals surface area contributed by atoms with E-state index in [1.807, 2.05) is 27.0 Å². The van der Waals surface area contributed by atoms with E-state index in [0.29, 0.717) is 18.3 Å². The van der Waals surface area contributed by atoms with Crippen molar-refractivity contribution in [2.45, 2.75) is 46.5 Å². The molecule has 2 aromatic heterocycles. The SMILES string of the molecule is Cc1nc(CN(C)C(C)c2nnc(-c3ccc(C)c(C)c3)o2)n[nH]1.O=C(O)C(F)(F)F. The van der Waals surface area contributed by atoms with Gasteiger partial charge in [-0.3, -0.25) is 10.00 Å². The third kappa shape index (κ3) is 6.60. The van der Waals surface area contributed by atoms with Crippen LogP contribution >= 0.6 is 0 Å². The summed E-state index contributed by atoms with van der Waals surface area (Å²) < 4.78 is 37.6. The van der Waals surface area contributed by atoms with Gasteiger partial charge in [0.1, 0.15) is 5.82 Å². The minimum absolute atomic E-state index is 0.0309. The summed E-state index contributed by atoms with van der Waals surface area (Å²) >= 11 is 0. The smallest absolute Gasteiger partial charge is 0.475 e. The van der Waals surface area contributed by atoms with Crippen LogP contribution in [0.1, 0.15) is 41.6 Å². The van der Waals surface area contributed by atoms with Crippen LogP contribution in [-0.4, -0.2) is 54.6 Å². The molecule has 2 heterocycles. The molecule has 0 spiro atoms. The fourth-order valence-electron chi connectivity index (χ4n) is 2.40. The first kappa shape index (κ1) is 24.0. The maximum absolute atomic E-state index is 10.6. The summed E-state index contributed by atoms with van der Waals surface area (Å²) in [5.41, 5.74) is 3.39. The number of halogens is 3. The molecule has 1 aromatic carbocycles. The summed E-state index contributed by atoms with van der Waals surface area (Å²) in [6.45, 7) is 8.67. The predicted octanol–water partition coefficient (Wildman–Crippen LogP) is 3.61. The lowest BCUT2D eigenvalue weighted by molar-refractivity contribution is -0.192. The highest BCUT2D eigenvalue weighted by Gasteiger charge is 2.38.